The zero-order valence-electron chi connectivity index (χ0n) is 13.1. The van der Waals surface area contributed by atoms with E-state index < -0.39 is 0 Å². The van der Waals surface area contributed by atoms with Gasteiger partial charge in [0, 0.05) is 30.5 Å². The highest BCUT2D eigenvalue weighted by molar-refractivity contribution is 7.12. The van der Waals surface area contributed by atoms with Gasteiger partial charge in [-0.15, -0.1) is 11.3 Å². The van der Waals surface area contributed by atoms with Gasteiger partial charge in [0.05, 0.1) is 16.8 Å². The van der Waals surface area contributed by atoms with Gasteiger partial charge in [-0.25, -0.2) is 4.98 Å². The molecule has 0 radical (unpaired) electrons. The maximum Gasteiger partial charge on any atom is 0.0961 e. The van der Waals surface area contributed by atoms with E-state index >= 15 is 0 Å². The molecule has 1 unspecified atom stereocenters. The number of benzene rings is 1. The van der Waals surface area contributed by atoms with Gasteiger partial charge >= 0.3 is 0 Å². The van der Waals surface area contributed by atoms with E-state index in [0.717, 1.165) is 36.6 Å². The molecule has 1 N–H and O–H groups in total. The van der Waals surface area contributed by atoms with Crippen molar-refractivity contribution in [3.8, 4) is 11.3 Å². The van der Waals surface area contributed by atoms with Gasteiger partial charge in [0.2, 0.25) is 0 Å². The number of hydrogen-bond acceptors (Lipinski definition) is 4. The minimum absolute atomic E-state index is 0.210. The van der Waals surface area contributed by atoms with Crippen LogP contribution in [0.1, 0.15) is 23.7 Å². The lowest BCUT2D eigenvalue weighted by atomic mass is 10.1. The first-order valence-corrected chi connectivity index (χ1v) is 8.33. The highest BCUT2D eigenvalue weighted by Crippen LogP contribution is 2.29. The van der Waals surface area contributed by atoms with Gasteiger partial charge in [-0.05, 0) is 19.9 Å². The number of rotatable bonds is 8. The third kappa shape index (κ3) is 4.63. The molecule has 3 nitrogen and oxygen atoms in total. The van der Waals surface area contributed by atoms with Crippen molar-refractivity contribution in [1.82, 2.24) is 10.3 Å². The van der Waals surface area contributed by atoms with E-state index in [2.05, 4.69) is 43.4 Å². The molecule has 0 aliphatic rings. The van der Waals surface area contributed by atoms with Crippen molar-refractivity contribution in [3.05, 3.63) is 40.2 Å². The fraction of sp³-hybridized carbons (Fsp3) is 0.471. The van der Waals surface area contributed by atoms with E-state index in [4.69, 9.17) is 9.72 Å². The molecule has 0 aliphatic heterocycles. The molecule has 2 aromatic rings. The molecule has 1 aromatic carbocycles. The number of likely N-dealkylation sites (N-methyl/N-ethyl adjacent to an activating group) is 1. The average Bonchev–Trinajstić information content (AvgIpc) is 2.91. The Morgan fingerprint density at radius 3 is 2.71 bits per heavy atom. The van der Waals surface area contributed by atoms with Crippen LogP contribution < -0.4 is 5.32 Å². The van der Waals surface area contributed by atoms with Crippen molar-refractivity contribution < 1.29 is 4.74 Å². The highest BCUT2D eigenvalue weighted by Gasteiger charge is 2.14. The van der Waals surface area contributed by atoms with Crippen LogP contribution in [0.25, 0.3) is 11.3 Å². The molecule has 2 rings (SSSR count). The maximum absolute atomic E-state index is 5.36. The Labute approximate surface area is 131 Å². The molecule has 0 saturated carbocycles. The first kappa shape index (κ1) is 16.1. The van der Waals surface area contributed by atoms with Crippen molar-refractivity contribution in [2.24, 2.45) is 0 Å². The second-order valence-electron chi connectivity index (χ2n) is 5.10. The van der Waals surface area contributed by atoms with E-state index in [-0.39, 0.29) is 6.10 Å². The molecule has 4 heteroatoms. The summed E-state index contributed by atoms with van der Waals surface area (Å²) in [6.07, 6.45) is 2.11. The standard InChI is InChI=1S/C17H24N2OS/c1-4-18-11-10-15-17(14-8-6-5-7-9-14)19-16(21-15)12-13(2)20-3/h5-9,13,18H,4,10-12H2,1-3H3. The number of ether oxygens (including phenoxy) is 1. The van der Waals surface area contributed by atoms with Crippen LogP contribution in [0.15, 0.2) is 30.3 Å². The summed E-state index contributed by atoms with van der Waals surface area (Å²) in [5, 5.41) is 4.55. The Balaban J connectivity index is 2.23. The molecule has 0 bridgehead atoms. The first-order valence-electron chi connectivity index (χ1n) is 7.52. The topological polar surface area (TPSA) is 34.1 Å². The monoisotopic (exact) mass is 304 g/mol. The Kier molecular flexibility index (Phi) is 6.36. The Morgan fingerprint density at radius 2 is 2.05 bits per heavy atom. The summed E-state index contributed by atoms with van der Waals surface area (Å²) >= 11 is 1.82. The zero-order chi connectivity index (χ0) is 15.1. The minimum Gasteiger partial charge on any atom is -0.381 e. The number of thiazole rings is 1. The van der Waals surface area contributed by atoms with E-state index in [0.29, 0.717) is 0 Å². The average molecular weight is 304 g/mol. The summed E-state index contributed by atoms with van der Waals surface area (Å²) in [6, 6.07) is 10.5. The SMILES string of the molecule is CCNCCc1sc(CC(C)OC)nc1-c1ccccc1. The van der Waals surface area contributed by atoms with Crippen LogP contribution in [0.5, 0.6) is 0 Å². The van der Waals surface area contributed by atoms with Gasteiger partial charge in [0.1, 0.15) is 0 Å². The lowest BCUT2D eigenvalue weighted by Gasteiger charge is -2.05. The highest BCUT2D eigenvalue weighted by atomic mass is 32.1. The molecule has 0 aliphatic carbocycles. The van der Waals surface area contributed by atoms with E-state index in [1.165, 1.54) is 10.4 Å². The van der Waals surface area contributed by atoms with E-state index in [1.54, 1.807) is 7.11 Å². The zero-order valence-corrected chi connectivity index (χ0v) is 13.9. The van der Waals surface area contributed by atoms with Gasteiger partial charge in [-0.3, -0.25) is 0 Å². The summed E-state index contributed by atoms with van der Waals surface area (Å²) < 4.78 is 5.36. The molecule has 0 spiro atoms. The molecule has 0 saturated heterocycles. The summed E-state index contributed by atoms with van der Waals surface area (Å²) in [5.74, 6) is 0. The summed E-state index contributed by atoms with van der Waals surface area (Å²) in [5.41, 5.74) is 2.34. The van der Waals surface area contributed by atoms with Crippen LogP contribution in [-0.2, 0) is 17.6 Å². The first-order chi connectivity index (χ1) is 10.2. The van der Waals surface area contributed by atoms with Crippen molar-refractivity contribution in [2.45, 2.75) is 32.8 Å². The Hall–Kier alpha value is -1.23. The van der Waals surface area contributed by atoms with Crippen molar-refractivity contribution in [3.63, 3.8) is 0 Å². The fourth-order valence-electron chi connectivity index (χ4n) is 2.19. The Bertz CT molecular complexity index is 539. The minimum atomic E-state index is 0.210. The van der Waals surface area contributed by atoms with Crippen LogP contribution in [0.2, 0.25) is 0 Å². The summed E-state index contributed by atoms with van der Waals surface area (Å²) in [6.45, 7) is 6.23. The quantitative estimate of drug-likeness (QED) is 0.758. The van der Waals surface area contributed by atoms with Crippen molar-refractivity contribution >= 4 is 11.3 Å². The van der Waals surface area contributed by atoms with Crippen LogP contribution in [0.4, 0.5) is 0 Å². The fourth-order valence-corrected chi connectivity index (χ4v) is 3.39. The number of nitrogens with zero attached hydrogens (tertiary/aromatic N) is 1. The second kappa shape index (κ2) is 8.27. The molecule has 21 heavy (non-hydrogen) atoms. The number of nitrogens with one attached hydrogen (secondary N) is 1. The summed E-state index contributed by atoms with van der Waals surface area (Å²) in [4.78, 5) is 6.22. The second-order valence-corrected chi connectivity index (χ2v) is 6.27. The predicted molar refractivity (Wildman–Crippen MR) is 90.0 cm³/mol. The Morgan fingerprint density at radius 1 is 1.29 bits per heavy atom. The van der Waals surface area contributed by atoms with Crippen LogP contribution >= 0.6 is 11.3 Å². The third-order valence-corrected chi connectivity index (χ3v) is 4.57. The van der Waals surface area contributed by atoms with Crippen molar-refractivity contribution in [2.75, 3.05) is 20.2 Å². The van der Waals surface area contributed by atoms with Crippen LogP contribution in [0.3, 0.4) is 0 Å². The normalized spacial score (nSPS) is 12.5. The van der Waals surface area contributed by atoms with Gasteiger partial charge < -0.3 is 10.1 Å². The number of methoxy groups -OCH3 is 1. The molecule has 114 valence electrons. The van der Waals surface area contributed by atoms with Gasteiger partial charge in [-0.1, -0.05) is 37.3 Å². The van der Waals surface area contributed by atoms with Gasteiger partial charge in [0.25, 0.3) is 0 Å². The molecular formula is C17H24N2OS. The molecule has 1 atom stereocenters. The lowest BCUT2D eigenvalue weighted by Crippen LogP contribution is -2.15. The third-order valence-electron chi connectivity index (χ3n) is 3.43. The lowest BCUT2D eigenvalue weighted by molar-refractivity contribution is 0.119. The molecule has 0 amide bonds. The van der Waals surface area contributed by atoms with Crippen molar-refractivity contribution in [1.29, 1.82) is 0 Å². The van der Waals surface area contributed by atoms with Gasteiger partial charge in [0.15, 0.2) is 0 Å². The maximum atomic E-state index is 5.36. The van der Waals surface area contributed by atoms with E-state index in [9.17, 15) is 0 Å². The largest absolute Gasteiger partial charge is 0.381 e. The number of aromatic nitrogens is 1. The molecular weight excluding hydrogens is 280 g/mol. The molecule has 1 aromatic heterocycles. The molecule has 1 heterocycles. The van der Waals surface area contributed by atoms with E-state index in [1.807, 2.05) is 17.4 Å². The summed E-state index contributed by atoms with van der Waals surface area (Å²) in [7, 11) is 1.75. The van der Waals surface area contributed by atoms with Gasteiger partial charge in [-0.2, -0.15) is 0 Å². The smallest absolute Gasteiger partial charge is 0.0961 e. The van der Waals surface area contributed by atoms with Crippen LogP contribution in [0, 0.1) is 0 Å². The molecule has 0 fully saturated rings. The number of hydrogen-bond donors (Lipinski definition) is 1. The predicted octanol–water partition coefficient (Wildman–Crippen LogP) is 3.54. The van der Waals surface area contributed by atoms with Crippen LogP contribution in [-0.4, -0.2) is 31.3 Å².